The minimum absolute atomic E-state index is 0.0989. The van der Waals surface area contributed by atoms with E-state index in [9.17, 15) is 4.79 Å². The molecule has 1 amide bonds. The van der Waals surface area contributed by atoms with E-state index >= 15 is 0 Å². The number of benzene rings is 1. The molecule has 1 aromatic carbocycles. The third-order valence-corrected chi connectivity index (χ3v) is 3.92. The van der Waals surface area contributed by atoms with E-state index < -0.39 is 0 Å². The van der Waals surface area contributed by atoms with E-state index in [0.717, 1.165) is 5.56 Å². The highest BCUT2D eigenvalue weighted by molar-refractivity contribution is 5.94. The van der Waals surface area contributed by atoms with Crippen molar-refractivity contribution in [1.82, 2.24) is 30.0 Å². The summed E-state index contributed by atoms with van der Waals surface area (Å²) < 4.78 is 1.52. The van der Waals surface area contributed by atoms with Crippen LogP contribution in [0, 0.1) is 0 Å². The Kier molecular flexibility index (Phi) is 5.15. The maximum Gasteiger partial charge on any atom is 0.251 e. The first kappa shape index (κ1) is 16.8. The van der Waals surface area contributed by atoms with Crippen molar-refractivity contribution < 1.29 is 4.79 Å². The Labute approximate surface area is 146 Å². The second-order valence-corrected chi connectivity index (χ2v) is 5.84. The molecule has 0 aliphatic carbocycles. The van der Waals surface area contributed by atoms with Gasteiger partial charge in [0.05, 0.1) is 6.04 Å². The Morgan fingerprint density at radius 3 is 2.72 bits per heavy atom. The van der Waals surface area contributed by atoms with Crippen molar-refractivity contribution in [1.29, 1.82) is 0 Å². The van der Waals surface area contributed by atoms with Crippen LogP contribution in [0.5, 0.6) is 0 Å². The number of carbonyl (C=O) groups is 1. The molecule has 128 valence electrons. The predicted octanol–water partition coefficient (Wildman–Crippen LogP) is 1.69. The van der Waals surface area contributed by atoms with E-state index in [1.165, 1.54) is 11.0 Å². The van der Waals surface area contributed by atoms with Crippen LogP contribution in [0.2, 0.25) is 0 Å². The molecule has 0 fully saturated rings. The number of nitrogens with zero attached hydrogens (tertiary/aromatic N) is 5. The van der Waals surface area contributed by atoms with Gasteiger partial charge in [0.1, 0.15) is 12.7 Å². The predicted molar refractivity (Wildman–Crippen MR) is 94.4 cm³/mol. The SMILES string of the molecule is CN(C)[C@H](CNC(=O)c1ccnc(-n2cncn2)c1)c1ccccc1. The number of rotatable bonds is 6. The standard InChI is InChI=1S/C18H20N6O/c1-23(2)16(14-6-4-3-5-7-14)11-21-18(25)15-8-9-20-17(10-15)24-13-19-12-22-24/h3-10,12-13,16H,11H2,1-2H3,(H,21,25)/t16-/m1/s1. The summed E-state index contributed by atoms with van der Waals surface area (Å²) >= 11 is 0. The van der Waals surface area contributed by atoms with Crippen LogP contribution in [0.1, 0.15) is 22.0 Å². The summed E-state index contributed by atoms with van der Waals surface area (Å²) in [6.07, 6.45) is 4.56. The topological polar surface area (TPSA) is 75.9 Å². The normalized spacial score (nSPS) is 12.1. The molecule has 25 heavy (non-hydrogen) atoms. The highest BCUT2D eigenvalue weighted by Gasteiger charge is 2.16. The summed E-state index contributed by atoms with van der Waals surface area (Å²) in [7, 11) is 4.00. The molecule has 0 saturated heterocycles. The fourth-order valence-corrected chi connectivity index (χ4v) is 2.58. The van der Waals surface area contributed by atoms with Crippen molar-refractivity contribution in [3.8, 4) is 5.82 Å². The van der Waals surface area contributed by atoms with E-state index in [2.05, 4.69) is 37.4 Å². The molecular formula is C18H20N6O. The lowest BCUT2D eigenvalue weighted by molar-refractivity contribution is 0.0941. The van der Waals surface area contributed by atoms with E-state index in [-0.39, 0.29) is 11.9 Å². The lowest BCUT2D eigenvalue weighted by Gasteiger charge is -2.25. The Morgan fingerprint density at radius 2 is 2.04 bits per heavy atom. The van der Waals surface area contributed by atoms with Crippen molar-refractivity contribution in [3.05, 3.63) is 72.4 Å². The molecule has 7 nitrogen and oxygen atoms in total. The fraction of sp³-hybridized carbons (Fsp3) is 0.222. The van der Waals surface area contributed by atoms with E-state index in [1.54, 1.807) is 24.7 Å². The summed E-state index contributed by atoms with van der Waals surface area (Å²) in [6.45, 7) is 0.511. The Morgan fingerprint density at radius 1 is 1.24 bits per heavy atom. The van der Waals surface area contributed by atoms with Crippen LogP contribution in [0.4, 0.5) is 0 Å². The second kappa shape index (κ2) is 7.67. The average Bonchev–Trinajstić information content (AvgIpc) is 3.17. The first-order valence-electron chi connectivity index (χ1n) is 7.96. The van der Waals surface area contributed by atoms with Crippen molar-refractivity contribution in [2.24, 2.45) is 0 Å². The maximum atomic E-state index is 12.5. The van der Waals surface area contributed by atoms with Gasteiger partial charge in [-0.2, -0.15) is 5.10 Å². The zero-order valence-corrected chi connectivity index (χ0v) is 14.2. The van der Waals surface area contributed by atoms with Gasteiger partial charge >= 0.3 is 0 Å². The van der Waals surface area contributed by atoms with Gasteiger partial charge in [0, 0.05) is 18.3 Å². The van der Waals surface area contributed by atoms with Crippen LogP contribution < -0.4 is 5.32 Å². The number of nitrogens with one attached hydrogen (secondary N) is 1. The molecule has 1 atom stereocenters. The third kappa shape index (κ3) is 4.07. The maximum absolute atomic E-state index is 12.5. The van der Waals surface area contributed by atoms with Gasteiger partial charge in [0.15, 0.2) is 5.82 Å². The largest absolute Gasteiger partial charge is 0.350 e. The highest BCUT2D eigenvalue weighted by Crippen LogP contribution is 2.17. The first-order valence-corrected chi connectivity index (χ1v) is 7.96. The number of aromatic nitrogens is 4. The number of amides is 1. The molecule has 0 unspecified atom stereocenters. The lowest BCUT2D eigenvalue weighted by Crippen LogP contribution is -2.34. The van der Waals surface area contributed by atoms with Gasteiger partial charge in [-0.1, -0.05) is 30.3 Å². The molecule has 0 radical (unpaired) electrons. The zero-order valence-electron chi connectivity index (χ0n) is 14.2. The van der Waals surface area contributed by atoms with Gasteiger partial charge in [-0.3, -0.25) is 4.79 Å². The van der Waals surface area contributed by atoms with Crippen molar-refractivity contribution in [3.63, 3.8) is 0 Å². The fourth-order valence-electron chi connectivity index (χ4n) is 2.58. The summed E-state index contributed by atoms with van der Waals surface area (Å²) in [6, 6.07) is 13.6. The summed E-state index contributed by atoms with van der Waals surface area (Å²) in [5.74, 6) is 0.406. The second-order valence-electron chi connectivity index (χ2n) is 5.84. The molecule has 0 saturated carbocycles. The molecule has 2 aromatic heterocycles. The Bertz CT molecular complexity index is 817. The molecule has 1 N–H and O–H groups in total. The van der Waals surface area contributed by atoms with Crippen molar-refractivity contribution >= 4 is 5.91 Å². The van der Waals surface area contributed by atoms with Gasteiger partial charge in [0.25, 0.3) is 5.91 Å². The van der Waals surface area contributed by atoms with Crippen LogP contribution in [0.25, 0.3) is 5.82 Å². The molecule has 3 rings (SSSR count). The minimum atomic E-state index is -0.147. The molecular weight excluding hydrogens is 316 g/mol. The summed E-state index contributed by atoms with van der Waals surface area (Å²) in [5.41, 5.74) is 1.69. The monoisotopic (exact) mass is 336 g/mol. The Balaban J connectivity index is 1.71. The lowest BCUT2D eigenvalue weighted by atomic mass is 10.1. The van der Waals surface area contributed by atoms with Crippen LogP contribution in [-0.4, -0.2) is 51.2 Å². The van der Waals surface area contributed by atoms with Gasteiger partial charge in [-0.15, -0.1) is 0 Å². The van der Waals surface area contributed by atoms with Gasteiger partial charge in [-0.25, -0.2) is 14.6 Å². The van der Waals surface area contributed by atoms with Crippen LogP contribution in [0.15, 0.2) is 61.3 Å². The molecule has 2 heterocycles. The number of pyridine rings is 1. The van der Waals surface area contributed by atoms with Crippen molar-refractivity contribution in [2.75, 3.05) is 20.6 Å². The summed E-state index contributed by atoms with van der Waals surface area (Å²) in [4.78, 5) is 22.7. The number of hydrogen-bond donors (Lipinski definition) is 1. The number of likely N-dealkylation sites (N-methyl/N-ethyl adjacent to an activating group) is 1. The van der Waals surface area contributed by atoms with Gasteiger partial charge in [0.2, 0.25) is 0 Å². The molecule has 3 aromatic rings. The van der Waals surface area contributed by atoms with E-state index in [1.807, 2.05) is 32.3 Å². The molecule has 0 aliphatic rings. The smallest absolute Gasteiger partial charge is 0.251 e. The number of hydrogen-bond acceptors (Lipinski definition) is 5. The highest BCUT2D eigenvalue weighted by atomic mass is 16.1. The average molecular weight is 336 g/mol. The van der Waals surface area contributed by atoms with E-state index in [4.69, 9.17) is 0 Å². The van der Waals surface area contributed by atoms with Crippen LogP contribution >= 0.6 is 0 Å². The first-order chi connectivity index (χ1) is 12.1. The molecule has 0 aliphatic heterocycles. The van der Waals surface area contributed by atoms with Gasteiger partial charge in [-0.05, 0) is 31.8 Å². The van der Waals surface area contributed by atoms with Crippen LogP contribution in [-0.2, 0) is 0 Å². The Hall–Kier alpha value is -3.06. The number of carbonyl (C=O) groups excluding carboxylic acids is 1. The third-order valence-electron chi connectivity index (χ3n) is 3.92. The van der Waals surface area contributed by atoms with E-state index in [0.29, 0.717) is 17.9 Å². The van der Waals surface area contributed by atoms with Gasteiger partial charge < -0.3 is 10.2 Å². The van der Waals surface area contributed by atoms with Crippen LogP contribution in [0.3, 0.4) is 0 Å². The molecule has 0 bridgehead atoms. The zero-order chi connectivity index (χ0) is 17.6. The molecule has 7 heteroatoms. The quantitative estimate of drug-likeness (QED) is 0.741. The summed E-state index contributed by atoms with van der Waals surface area (Å²) in [5, 5.41) is 7.03. The molecule has 0 spiro atoms. The minimum Gasteiger partial charge on any atom is -0.350 e. The van der Waals surface area contributed by atoms with Crippen molar-refractivity contribution in [2.45, 2.75) is 6.04 Å².